The van der Waals surface area contributed by atoms with Crippen LogP contribution in [0.3, 0.4) is 0 Å². The van der Waals surface area contributed by atoms with Gasteiger partial charge in [-0.05, 0) is 242 Å². The second kappa shape index (κ2) is 30.9. The van der Waals surface area contributed by atoms with Gasteiger partial charge in [0.1, 0.15) is 0 Å². The smallest absolute Gasteiger partial charge is 0.0640 e. The van der Waals surface area contributed by atoms with E-state index < -0.39 is 0 Å². The van der Waals surface area contributed by atoms with Gasteiger partial charge in [-0.15, -0.1) is 11.3 Å². The molecule has 0 fully saturated rings. The second-order valence-electron chi connectivity index (χ2n) is 34.4. The van der Waals surface area contributed by atoms with Crippen molar-refractivity contribution >= 4 is 162 Å². The van der Waals surface area contributed by atoms with Gasteiger partial charge in [-0.2, -0.15) is 0 Å². The van der Waals surface area contributed by atoms with Gasteiger partial charge in [-0.3, -0.25) is 0 Å². The van der Waals surface area contributed by atoms with Crippen LogP contribution in [0.1, 0.15) is 0 Å². The summed E-state index contributed by atoms with van der Waals surface area (Å²) in [5.41, 5.74) is 35.7. The third kappa shape index (κ3) is 12.6. The molecule has 0 spiro atoms. The number of thiophene rings is 1. The molecule has 0 aliphatic carbocycles. The van der Waals surface area contributed by atoms with Crippen LogP contribution < -0.4 is 0 Å². The molecule has 0 saturated heterocycles. The molecule has 6 nitrogen and oxygen atoms in total. The zero-order valence-corrected chi connectivity index (χ0v) is 72.7. The Morgan fingerprint density at radius 3 is 0.715 bits per heavy atom. The van der Waals surface area contributed by atoms with Crippen LogP contribution in [0.15, 0.2) is 455 Å². The molecule has 0 aliphatic heterocycles. The van der Waals surface area contributed by atoms with Gasteiger partial charge in [0.05, 0.1) is 43.5 Å². The SMILES string of the molecule is Cn1c2ccc(-c3ccccc3)cc2c2cc(-c3ccc4c(c3)c3ccccc3n4-c3ccc(-c4ccccc4)cc3)ccc21.Cn1c2ccc(-c3ccccc3)cc2c2cc(-c3ccc4c(c3)c3ccccc3n4-c3cccc4c3sc3ccccc34)ccc21.Cn1c2ccc(-c3ccccc3)cc2c2cc(-c3ccc4c(c3)c3ccccc3n4-c3ccccc3)ccc21. The Labute approximate surface area is 755 Å². The van der Waals surface area contributed by atoms with E-state index in [0.29, 0.717) is 0 Å². The lowest BCUT2D eigenvalue weighted by Crippen LogP contribution is -1.93. The first kappa shape index (κ1) is 75.9. The van der Waals surface area contributed by atoms with Crippen LogP contribution in [0.25, 0.3) is 246 Å². The van der Waals surface area contributed by atoms with Gasteiger partial charge in [-0.1, -0.05) is 291 Å². The van der Waals surface area contributed by atoms with Gasteiger partial charge in [0, 0.05) is 146 Å². The molecule has 0 amide bonds. The topological polar surface area (TPSA) is 29.6 Å². The molecule has 27 aromatic rings. The summed E-state index contributed by atoms with van der Waals surface area (Å²) < 4.78 is 16.8. The van der Waals surface area contributed by atoms with Crippen LogP contribution in [-0.2, 0) is 21.1 Å². The number of aryl methyl sites for hydroxylation is 3. The van der Waals surface area contributed by atoms with Crippen molar-refractivity contribution in [3.63, 3.8) is 0 Å². The lowest BCUT2D eigenvalue weighted by molar-refractivity contribution is 1.01. The quantitative estimate of drug-likeness (QED) is 0.131. The van der Waals surface area contributed by atoms with Gasteiger partial charge in [0.2, 0.25) is 0 Å². The number of hydrogen-bond donors (Lipinski definition) is 0. The molecule has 0 saturated carbocycles. The number of nitrogens with zero attached hydrogens (tertiary/aromatic N) is 6. The number of benzene rings is 20. The summed E-state index contributed by atoms with van der Waals surface area (Å²) in [5, 5.41) is 18.0. The summed E-state index contributed by atoms with van der Waals surface area (Å²) in [6.07, 6.45) is 0. The van der Waals surface area contributed by atoms with E-state index in [1.807, 2.05) is 11.3 Å². The zero-order valence-electron chi connectivity index (χ0n) is 71.9. The predicted molar refractivity (Wildman–Crippen MR) is 555 cm³/mol. The predicted octanol–water partition coefficient (Wildman–Crippen LogP) is 33.3. The molecule has 7 aromatic heterocycles. The van der Waals surface area contributed by atoms with Gasteiger partial charge >= 0.3 is 0 Å². The van der Waals surface area contributed by atoms with Crippen LogP contribution in [-0.4, -0.2) is 27.4 Å². The third-order valence-electron chi connectivity index (χ3n) is 27.2. The van der Waals surface area contributed by atoms with Crippen LogP contribution in [0.5, 0.6) is 0 Å². The van der Waals surface area contributed by atoms with E-state index >= 15 is 0 Å². The highest BCUT2D eigenvalue weighted by Gasteiger charge is 2.23. The summed E-state index contributed by atoms with van der Waals surface area (Å²) in [6, 6.07) is 166. The molecule has 7 heteroatoms. The lowest BCUT2D eigenvalue weighted by atomic mass is 9.99. The molecule has 612 valence electrons. The first-order valence-electron chi connectivity index (χ1n) is 44.7. The van der Waals surface area contributed by atoms with Crippen molar-refractivity contribution in [1.29, 1.82) is 0 Å². The normalized spacial score (nSPS) is 11.8. The number of fused-ring (bicyclic) bond motifs is 21. The van der Waals surface area contributed by atoms with Gasteiger partial charge < -0.3 is 27.4 Å². The van der Waals surface area contributed by atoms with E-state index in [-0.39, 0.29) is 0 Å². The first-order valence-corrected chi connectivity index (χ1v) is 45.5. The number of hydrogen-bond acceptors (Lipinski definition) is 1. The Kier molecular flexibility index (Phi) is 18.1. The van der Waals surface area contributed by atoms with E-state index in [0.717, 1.165) is 0 Å². The minimum atomic E-state index is 1.17. The van der Waals surface area contributed by atoms with Gasteiger partial charge in [-0.25, -0.2) is 0 Å². The van der Waals surface area contributed by atoms with E-state index in [4.69, 9.17) is 0 Å². The maximum absolute atomic E-state index is 2.46. The van der Waals surface area contributed by atoms with Crippen molar-refractivity contribution < 1.29 is 0 Å². The lowest BCUT2D eigenvalue weighted by Gasteiger charge is -2.10. The largest absolute Gasteiger partial charge is 0.344 e. The Bertz CT molecular complexity index is 9180. The molecule has 0 radical (unpaired) electrons. The van der Waals surface area contributed by atoms with E-state index in [1.54, 1.807) is 0 Å². The van der Waals surface area contributed by atoms with E-state index in [2.05, 4.69) is 504 Å². The van der Waals surface area contributed by atoms with Crippen molar-refractivity contribution in [2.24, 2.45) is 21.1 Å². The molecule has 0 aliphatic rings. The maximum atomic E-state index is 2.46. The fourth-order valence-electron chi connectivity index (χ4n) is 20.8. The minimum absolute atomic E-state index is 1.17. The summed E-state index contributed by atoms with van der Waals surface area (Å²) >= 11 is 1.88. The minimum Gasteiger partial charge on any atom is -0.344 e. The second-order valence-corrected chi connectivity index (χ2v) is 35.5. The van der Waals surface area contributed by atoms with Crippen molar-refractivity contribution in [1.82, 2.24) is 27.4 Å². The van der Waals surface area contributed by atoms with Crippen molar-refractivity contribution in [2.45, 2.75) is 0 Å². The number of aromatic nitrogens is 6. The Morgan fingerprint density at radius 1 is 0.146 bits per heavy atom. The standard InChI is InChI=1S/C43H28N2S.C43H30N2.C37H26N2/c1-44-37-21-18-28(27-10-3-2-4-11-27)24-35(37)36-26-29(19-22-38(36)44)30-20-23-40-34(25-30)31-12-5-7-15-39(31)45(40)41-16-9-14-33-32-13-6-8-17-42(32)46-43(33)41;1-44-40-23-18-32(30-12-6-3-7-13-30)26-38(40)39-28-33(19-24-41(39)44)34-20-25-43-37(27-34)36-14-8-9-15-42(36)45(43)35-21-16-31(17-22-35)29-10-4-2-5-11-29;1-38-34-19-16-26(25-10-4-2-5-11-25)22-32(34)33-24-27(17-20-35(33)38)28-18-21-37-31(23-28)30-14-8-9-15-36(30)39(37)29-12-6-3-7-13-29/h2-26H,1H3;2-28H,1H3;2-24H,1H3. The molecule has 27 rings (SSSR count). The third-order valence-corrected chi connectivity index (χ3v) is 28.4. The average Bonchev–Trinajstić information content (AvgIpc) is 1.57. The maximum Gasteiger partial charge on any atom is 0.0640 e. The molecule has 20 aromatic carbocycles. The highest BCUT2D eigenvalue weighted by Crippen LogP contribution is 2.46. The highest BCUT2D eigenvalue weighted by atomic mass is 32.1. The zero-order chi connectivity index (χ0) is 86.2. The number of para-hydroxylation sites is 4. The van der Waals surface area contributed by atoms with Crippen molar-refractivity contribution in [3.05, 3.63) is 455 Å². The molecular weight excluding hydrogens is 1590 g/mol. The average molecular weight is 1680 g/mol. The fourth-order valence-corrected chi connectivity index (χ4v) is 22.0. The van der Waals surface area contributed by atoms with E-state index in [1.165, 1.54) is 246 Å². The Morgan fingerprint density at radius 2 is 0.369 bits per heavy atom. The first-order chi connectivity index (χ1) is 64.2. The molecule has 130 heavy (non-hydrogen) atoms. The summed E-state index contributed by atoms with van der Waals surface area (Å²) in [7, 11) is 6.50. The van der Waals surface area contributed by atoms with Crippen molar-refractivity contribution in [2.75, 3.05) is 0 Å². The highest BCUT2D eigenvalue weighted by molar-refractivity contribution is 7.26. The Hall–Kier alpha value is -16.6. The van der Waals surface area contributed by atoms with Crippen LogP contribution >= 0.6 is 11.3 Å². The molecule has 0 atom stereocenters. The number of rotatable bonds is 10. The van der Waals surface area contributed by atoms with Crippen LogP contribution in [0.4, 0.5) is 0 Å². The van der Waals surface area contributed by atoms with Crippen LogP contribution in [0, 0.1) is 0 Å². The van der Waals surface area contributed by atoms with Gasteiger partial charge in [0.25, 0.3) is 0 Å². The Balaban J connectivity index is 0.000000106. The molecule has 0 N–H and O–H groups in total. The summed E-state index contributed by atoms with van der Waals surface area (Å²) in [6.45, 7) is 0. The van der Waals surface area contributed by atoms with Crippen LogP contribution in [0.2, 0.25) is 0 Å². The molecule has 0 unspecified atom stereocenters. The summed E-state index contributed by atoms with van der Waals surface area (Å²) in [5.74, 6) is 0. The molecule has 7 heterocycles. The monoisotopic (exact) mass is 1680 g/mol. The van der Waals surface area contributed by atoms with Crippen molar-refractivity contribution in [3.8, 4) is 95.0 Å². The molecule has 0 bridgehead atoms. The van der Waals surface area contributed by atoms with Gasteiger partial charge in [0.15, 0.2) is 0 Å². The summed E-state index contributed by atoms with van der Waals surface area (Å²) in [4.78, 5) is 0. The van der Waals surface area contributed by atoms with E-state index in [9.17, 15) is 0 Å². The fraction of sp³-hybridized carbons (Fsp3) is 0.0244. The molecular formula is C123H84N6S.